The van der Waals surface area contributed by atoms with Crippen LogP contribution < -0.4 is 19.5 Å². The van der Waals surface area contributed by atoms with Crippen LogP contribution in [0.5, 0.6) is 17.2 Å². The summed E-state index contributed by atoms with van der Waals surface area (Å²) in [5.74, 6) is 1.41. The molecule has 1 N–H and O–H groups in total. The molecule has 31 heavy (non-hydrogen) atoms. The summed E-state index contributed by atoms with van der Waals surface area (Å²) in [5, 5.41) is 3.84. The van der Waals surface area contributed by atoms with E-state index in [9.17, 15) is 4.79 Å². The molecule has 2 aromatic rings. The SMILES string of the molecule is COc1ccc(C(CNC(=O)COc2cc(Cl)ccc2Cl)N2CCOCC2)cc1OC. The van der Waals surface area contributed by atoms with Gasteiger partial charge in [-0.15, -0.1) is 0 Å². The molecule has 0 aromatic heterocycles. The molecule has 1 fully saturated rings. The molecular formula is C22H26Cl2N2O5. The molecule has 1 saturated heterocycles. The number of ether oxygens (including phenoxy) is 4. The predicted octanol–water partition coefficient (Wildman–Crippen LogP) is 3.58. The third kappa shape index (κ3) is 6.40. The van der Waals surface area contributed by atoms with Crippen molar-refractivity contribution in [2.75, 3.05) is 53.7 Å². The third-order valence-corrected chi connectivity index (χ3v) is 5.57. The fraction of sp³-hybridized carbons (Fsp3) is 0.409. The number of methoxy groups -OCH3 is 2. The number of halogens is 2. The minimum atomic E-state index is -0.255. The Hall–Kier alpha value is -2.19. The first-order valence-electron chi connectivity index (χ1n) is 9.90. The van der Waals surface area contributed by atoms with E-state index in [1.54, 1.807) is 32.4 Å². The summed E-state index contributed by atoms with van der Waals surface area (Å²) in [6.45, 7) is 3.07. The fourth-order valence-electron chi connectivity index (χ4n) is 3.40. The minimum absolute atomic E-state index is 0.0533. The average molecular weight is 469 g/mol. The lowest BCUT2D eigenvalue weighted by Gasteiger charge is -2.35. The Morgan fingerprint density at radius 3 is 2.52 bits per heavy atom. The van der Waals surface area contributed by atoms with Gasteiger partial charge in [-0.2, -0.15) is 0 Å². The maximum Gasteiger partial charge on any atom is 0.258 e. The van der Waals surface area contributed by atoms with Crippen molar-refractivity contribution < 1.29 is 23.7 Å². The standard InChI is InChI=1S/C22H26Cl2N2O5/c1-28-19-6-3-15(11-21(19)29-2)18(26-7-9-30-10-8-26)13-25-22(27)14-31-20-12-16(23)4-5-17(20)24/h3-6,11-12,18H,7-10,13-14H2,1-2H3,(H,25,27). The van der Waals surface area contributed by atoms with Gasteiger partial charge in [0.1, 0.15) is 5.75 Å². The van der Waals surface area contributed by atoms with Gasteiger partial charge in [0.2, 0.25) is 0 Å². The van der Waals surface area contributed by atoms with E-state index in [-0.39, 0.29) is 18.6 Å². The average Bonchev–Trinajstić information content (AvgIpc) is 2.80. The highest BCUT2D eigenvalue weighted by Gasteiger charge is 2.24. The van der Waals surface area contributed by atoms with Gasteiger partial charge in [-0.3, -0.25) is 9.69 Å². The van der Waals surface area contributed by atoms with Crippen LogP contribution in [0.25, 0.3) is 0 Å². The summed E-state index contributed by atoms with van der Waals surface area (Å²) >= 11 is 12.0. The molecule has 1 aliphatic heterocycles. The van der Waals surface area contributed by atoms with E-state index in [0.717, 1.165) is 18.7 Å². The van der Waals surface area contributed by atoms with Crippen LogP contribution in [-0.4, -0.2) is 64.5 Å². The largest absolute Gasteiger partial charge is 0.493 e. The predicted molar refractivity (Wildman–Crippen MR) is 120 cm³/mol. The van der Waals surface area contributed by atoms with Gasteiger partial charge < -0.3 is 24.3 Å². The second-order valence-electron chi connectivity index (χ2n) is 6.95. The zero-order valence-electron chi connectivity index (χ0n) is 17.5. The lowest BCUT2D eigenvalue weighted by molar-refractivity contribution is -0.123. The second kappa shape index (κ2) is 11.4. The molecule has 1 unspecified atom stereocenters. The van der Waals surface area contributed by atoms with Crippen molar-refractivity contribution in [2.45, 2.75) is 6.04 Å². The Kier molecular flexibility index (Phi) is 8.66. The molecule has 0 bridgehead atoms. The third-order valence-electron chi connectivity index (χ3n) is 5.02. The summed E-state index contributed by atoms with van der Waals surface area (Å²) in [6.07, 6.45) is 0. The monoisotopic (exact) mass is 468 g/mol. The van der Waals surface area contributed by atoms with E-state index in [0.29, 0.717) is 47.1 Å². The number of carbonyl (C=O) groups is 1. The highest BCUT2D eigenvalue weighted by molar-refractivity contribution is 6.34. The lowest BCUT2D eigenvalue weighted by Crippen LogP contribution is -2.44. The van der Waals surface area contributed by atoms with Gasteiger partial charge in [0.25, 0.3) is 5.91 Å². The number of carbonyl (C=O) groups excluding carboxylic acids is 1. The highest BCUT2D eigenvalue weighted by atomic mass is 35.5. The van der Waals surface area contributed by atoms with Crippen molar-refractivity contribution in [1.82, 2.24) is 10.2 Å². The number of hydrogen-bond donors (Lipinski definition) is 1. The van der Waals surface area contributed by atoms with Crippen LogP contribution >= 0.6 is 23.2 Å². The highest BCUT2D eigenvalue weighted by Crippen LogP contribution is 2.32. The Morgan fingerprint density at radius 1 is 1.06 bits per heavy atom. The molecule has 1 aliphatic rings. The van der Waals surface area contributed by atoms with Gasteiger partial charge in [-0.05, 0) is 29.8 Å². The normalized spacial score (nSPS) is 15.2. The van der Waals surface area contributed by atoms with Crippen LogP contribution in [0.2, 0.25) is 10.0 Å². The first-order valence-corrected chi connectivity index (χ1v) is 10.7. The van der Waals surface area contributed by atoms with E-state index in [4.69, 9.17) is 42.1 Å². The van der Waals surface area contributed by atoms with Crippen molar-refractivity contribution in [1.29, 1.82) is 0 Å². The van der Waals surface area contributed by atoms with Crippen molar-refractivity contribution >= 4 is 29.1 Å². The molecular weight excluding hydrogens is 443 g/mol. The second-order valence-corrected chi connectivity index (χ2v) is 7.79. The molecule has 3 rings (SSSR count). The van der Waals surface area contributed by atoms with E-state index in [1.165, 1.54) is 0 Å². The summed E-state index contributed by atoms with van der Waals surface area (Å²) in [7, 11) is 3.20. The van der Waals surface area contributed by atoms with Gasteiger partial charge >= 0.3 is 0 Å². The zero-order valence-corrected chi connectivity index (χ0v) is 19.0. The number of nitrogens with zero attached hydrogens (tertiary/aromatic N) is 1. The van der Waals surface area contributed by atoms with Crippen LogP contribution in [-0.2, 0) is 9.53 Å². The van der Waals surface area contributed by atoms with E-state index in [1.807, 2.05) is 18.2 Å². The Bertz CT molecular complexity index is 890. The summed E-state index contributed by atoms with van der Waals surface area (Å²) in [6, 6.07) is 10.6. The molecule has 0 radical (unpaired) electrons. The number of hydrogen-bond acceptors (Lipinski definition) is 6. The maximum atomic E-state index is 12.5. The van der Waals surface area contributed by atoms with E-state index >= 15 is 0 Å². The van der Waals surface area contributed by atoms with Gasteiger partial charge in [-0.25, -0.2) is 0 Å². The Morgan fingerprint density at radius 2 is 1.81 bits per heavy atom. The maximum absolute atomic E-state index is 12.5. The van der Waals surface area contributed by atoms with E-state index in [2.05, 4.69) is 10.2 Å². The number of nitrogens with one attached hydrogen (secondary N) is 1. The first-order chi connectivity index (χ1) is 15.0. The first kappa shape index (κ1) is 23.5. The fourth-order valence-corrected chi connectivity index (χ4v) is 3.73. The molecule has 168 valence electrons. The number of morpholine rings is 1. The van der Waals surface area contributed by atoms with Crippen LogP contribution in [0.1, 0.15) is 11.6 Å². The minimum Gasteiger partial charge on any atom is -0.493 e. The molecule has 0 spiro atoms. The Labute approximate surface area is 192 Å². The van der Waals surface area contributed by atoms with Crippen LogP contribution in [0.3, 0.4) is 0 Å². The molecule has 9 heteroatoms. The van der Waals surface area contributed by atoms with Crippen molar-refractivity contribution in [3.63, 3.8) is 0 Å². The molecule has 1 atom stereocenters. The summed E-state index contributed by atoms with van der Waals surface area (Å²) in [4.78, 5) is 14.7. The number of benzene rings is 2. The lowest BCUT2D eigenvalue weighted by atomic mass is 10.0. The van der Waals surface area contributed by atoms with Crippen molar-refractivity contribution in [3.8, 4) is 17.2 Å². The van der Waals surface area contributed by atoms with Gasteiger partial charge in [0.05, 0.1) is 38.5 Å². The van der Waals surface area contributed by atoms with Crippen LogP contribution in [0.4, 0.5) is 0 Å². The van der Waals surface area contributed by atoms with Crippen LogP contribution in [0, 0.1) is 0 Å². The molecule has 0 aliphatic carbocycles. The van der Waals surface area contributed by atoms with E-state index < -0.39 is 0 Å². The van der Waals surface area contributed by atoms with Crippen molar-refractivity contribution in [3.05, 3.63) is 52.0 Å². The smallest absolute Gasteiger partial charge is 0.258 e. The van der Waals surface area contributed by atoms with Gasteiger partial charge in [-0.1, -0.05) is 29.3 Å². The molecule has 0 saturated carbocycles. The van der Waals surface area contributed by atoms with Gasteiger partial charge in [0, 0.05) is 30.7 Å². The quantitative estimate of drug-likeness (QED) is 0.606. The Balaban J connectivity index is 1.67. The van der Waals surface area contributed by atoms with Crippen LogP contribution in [0.15, 0.2) is 36.4 Å². The molecule has 1 amide bonds. The topological polar surface area (TPSA) is 69.3 Å². The molecule has 1 heterocycles. The summed E-state index contributed by atoms with van der Waals surface area (Å²) < 4.78 is 21.8. The number of rotatable bonds is 9. The van der Waals surface area contributed by atoms with Gasteiger partial charge in [0.15, 0.2) is 18.1 Å². The van der Waals surface area contributed by atoms with Crippen molar-refractivity contribution in [2.24, 2.45) is 0 Å². The number of amides is 1. The zero-order chi connectivity index (χ0) is 22.2. The molecule has 7 nitrogen and oxygen atoms in total. The molecule has 2 aromatic carbocycles. The summed E-state index contributed by atoms with van der Waals surface area (Å²) in [5.41, 5.74) is 1.01.